The standard InChI is InChI=1S/C21H20N4O3/c1-15-4-3-5-19(25(27)28)20(15)23-14-16-6-8-18(9-7-16)24(2)21(26)17-10-12-22-13-11-17/h3-13,23H,14H2,1-2H3. The van der Waals surface area contributed by atoms with Crippen molar-refractivity contribution in [3.63, 3.8) is 0 Å². The minimum absolute atomic E-state index is 0.0549. The van der Waals surface area contributed by atoms with E-state index in [1.165, 1.54) is 6.07 Å². The molecule has 1 aromatic heterocycles. The summed E-state index contributed by atoms with van der Waals surface area (Å²) < 4.78 is 0. The van der Waals surface area contributed by atoms with Crippen molar-refractivity contribution in [2.75, 3.05) is 17.3 Å². The monoisotopic (exact) mass is 376 g/mol. The summed E-state index contributed by atoms with van der Waals surface area (Å²) in [6.07, 6.45) is 3.17. The van der Waals surface area contributed by atoms with Gasteiger partial charge in [0.25, 0.3) is 11.6 Å². The molecule has 142 valence electrons. The molecule has 0 radical (unpaired) electrons. The summed E-state index contributed by atoms with van der Waals surface area (Å²) in [7, 11) is 1.71. The number of hydrogen-bond acceptors (Lipinski definition) is 5. The maximum atomic E-state index is 12.5. The van der Waals surface area contributed by atoms with Gasteiger partial charge in [0.2, 0.25) is 0 Å². The van der Waals surface area contributed by atoms with Crippen LogP contribution in [-0.4, -0.2) is 22.9 Å². The lowest BCUT2D eigenvalue weighted by Gasteiger charge is -2.18. The number of carbonyl (C=O) groups excluding carboxylic acids is 1. The predicted octanol–water partition coefficient (Wildman–Crippen LogP) is 4.19. The maximum Gasteiger partial charge on any atom is 0.292 e. The molecule has 0 aliphatic carbocycles. The number of aromatic nitrogens is 1. The number of aryl methyl sites for hydroxylation is 1. The first-order chi connectivity index (χ1) is 13.5. The second-order valence-corrected chi connectivity index (χ2v) is 6.35. The first kappa shape index (κ1) is 19.0. The van der Waals surface area contributed by atoms with Crippen LogP contribution < -0.4 is 10.2 Å². The molecule has 0 unspecified atom stereocenters. The Hall–Kier alpha value is -3.74. The van der Waals surface area contributed by atoms with Gasteiger partial charge in [-0.3, -0.25) is 19.9 Å². The van der Waals surface area contributed by atoms with Crippen molar-refractivity contribution in [2.24, 2.45) is 0 Å². The number of nitro benzene ring substituents is 1. The molecule has 0 saturated heterocycles. The van der Waals surface area contributed by atoms with Crippen molar-refractivity contribution in [1.29, 1.82) is 0 Å². The third kappa shape index (κ3) is 4.15. The summed E-state index contributed by atoms with van der Waals surface area (Å²) in [5, 5.41) is 14.4. The molecule has 7 heteroatoms. The highest BCUT2D eigenvalue weighted by atomic mass is 16.6. The molecule has 0 spiro atoms. The lowest BCUT2D eigenvalue weighted by Crippen LogP contribution is -2.26. The van der Waals surface area contributed by atoms with Crippen LogP contribution in [0.25, 0.3) is 0 Å². The molecule has 0 aliphatic heterocycles. The second kappa shape index (κ2) is 8.30. The van der Waals surface area contributed by atoms with Crippen molar-refractivity contribution >= 4 is 23.0 Å². The number of anilines is 2. The van der Waals surface area contributed by atoms with Crippen molar-refractivity contribution in [1.82, 2.24) is 4.98 Å². The first-order valence-electron chi connectivity index (χ1n) is 8.72. The van der Waals surface area contributed by atoms with E-state index < -0.39 is 4.92 Å². The number of nitrogens with one attached hydrogen (secondary N) is 1. The Kier molecular flexibility index (Phi) is 5.64. The molecule has 0 bridgehead atoms. The van der Waals surface area contributed by atoms with Crippen molar-refractivity contribution < 1.29 is 9.72 Å². The normalized spacial score (nSPS) is 10.4. The summed E-state index contributed by atoms with van der Waals surface area (Å²) in [6.45, 7) is 2.27. The van der Waals surface area contributed by atoms with Crippen molar-refractivity contribution in [3.05, 3.63) is 93.8 Å². The average molecular weight is 376 g/mol. The van der Waals surface area contributed by atoms with E-state index in [4.69, 9.17) is 0 Å². The molecule has 0 aliphatic rings. The Morgan fingerprint density at radius 1 is 1.11 bits per heavy atom. The molecular formula is C21H20N4O3. The topological polar surface area (TPSA) is 88.4 Å². The van der Waals surface area contributed by atoms with Gasteiger partial charge < -0.3 is 10.2 Å². The zero-order valence-corrected chi connectivity index (χ0v) is 15.6. The fourth-order valence-electron chi connectivity index (χ4n) is 2.87. The summed E-state index contributed by atoms with van der Waals surface area (Å²) in [5.41, 5.74) is 3.66. The van der Waals surface area contributed by atoms with Crippen LogP contribution in [0.15, 0.2) is 67.0 Å². The third-order valence-electron chi connectivity index (χ3n) is 4.47. The Labute approximate surface area is 162 Å². The van der Waals surface area contributed by atoms with Crippen LogP contribution in [0.2, 0.25) is 0 Å². The van der Waals surface area contributed by atoms with E-state index in [9.17, 15) is 14.9 Å². The van der Waals surface area contributed by atoms with Crippen LogP contribution in [0.5, 0.6) is 0 Å². The highest BCUT2D eigenvalue weighted by Gasteiger charge is 2.16. The highest BCUT2D eigenvalue weighted by molar-refractivity contribution is 6.05. The molecule has 0 saturated carbocycles. The number of benzene rings is 2. The van der Waals surface area contributed by atoms with Crippen LogP contribution in [0, 0.1) is 17.0 Å². The molecule has 1 amide bonds. The van der Waals surface area contributed by atoms with E-state index in [1.54, 1.807) is 42.5 Å². The third-order valence-corrected chi connectivity index (χ3v) is 4.47. The fraction of sp³-hybridized carbons (Fsp3) is 0.143. The lowest BCUT2D eigenvalue weighted by molar-refractivity contribution is -0.384. The first-order valence-corrected chi connectivity index (χ1v) is 8.72. The molecule has 1 N–H and O–H groups in total. The van der Waals surface area contributed by atoms with E-state index in [1.807, 2.05) is 37.3 Å². The van der Waals surface area contributed by atoms with Gasteiger partial charge in [-0.2, -0.15) is 0 Å². The van der Waals surface area contributed by atoms with Gasteiger partial charge in [-0.15, -0.1) is 0 Å². The molecule has 2 aromatic carbocycles. The zero-order valence-electron chi connectivity index (χ0n) is 15.6. The lowest BCUT2D eigenvalue weighted by atomic mass is 10.1. The summed E-state index contributed by atoms with van der Waals surface area (Å²) in [6, 6.07) is 15.8. The largest absolute Gasteiger partial charge is 0.375 e. The van der Waals surface area contributed by atoms with Crippen molar-refractivity contribution in [3.8, 4) is 0 Å². The molecular weight excluding hydrogens is 356 g/mol. The van der Waals surface area contributed by atoms with Gasteiger partial charge in [0.1, 0.15) is 5.69 Å². The number of carbonyl (C=O) groups is 1. The quantitative estimate of drug-likeness (QED) is 0.515. The second-order valence-electron chi connectivity index (χ2n) is 6.35. The molecule has 3 rings (SSSR count). The Morgan fingerprint density at radius 3 is 2.43 bits per heavy atom. The maximum absolute atomic E-state index is 12.5. The van der Waals surface area contributed by atoms with Crippen LogP contribution in [0.3, 0.4) is 0 Å². The highest BCUT2D eigenvalue weighted by Crippen LogP contribution is 2.28. The average Bonchev–Trinajstić information content (AvgIpc) is 2.72. The van der Waals surface area contributed by atoms with Gasteiger partial charge in [0.15, 0.2) is 0 Å². The SMILES string of the molecule is Cc1cccc([N+](=O)[O-])c1NCc1ccc(N(C)C(=O)c2ccncc2)cc1. The number of hydrogen-bond donors (Lipinski definition) is 1. The molecule has 3 aromatic rings. The number of rotatable bonds is 6. The van der Waals surface area contributed by atoms with E-state index in [2.05, 4.69) is 10.3 Å². The van der Waals surface area contributed by atoms with Crippen LogP contribution in [-0.2, 0) is 6.54 Å². The van der Waals surface area contributed by atoms with Gasteiger partial charge in [0, 0.05) is 43.3 Å². The number of amides is 1. The number of nitrogens with zero attached hydrogens (tertiary/aromatic N) is 3. The number of para-hydroxylation sites is 1. The van der Waals surface area contributed by atoms with Gasteiger partial charge >= 0.3 is 0 Å². The Balaban J connectivity index is 1.70. The molecule has 0 fully saturated rings. The Morgan fingerprint density at radius 2 is 1.79 bits per heavy atom. The minimum atomic E-state index is -0.391. The number of nitro groups is 1. The zero-order chi connectivity index (χ0) is 20.1. The molecule has 1 heterocycles. The summed E-state index contributed by atoms with van der Waals surface area (Å²) in [5.74, 6) is -0.121. The number of pyridine rings is 1. The van der Waals surface area contributed by atoms with E-state index >= 15 is 0 Å². The van der Waals surface area contributed by atoms with Crippen LogP contribution in [0.4, 0.5) is 17.1 Å². The molecule has 0 atom stereocenters. The predicted molar refractivity (Wildman–Crippen MR) is 109 cm³/mol. The van der Waals surface area contributed by atoms with E-state index in [-0.39, 0.29) is 11.6 Å². The van der Waals surface area contributed by atoms with Gasteiger partial charge in [-0.1, -0.05) is 24.3 Å². The van der Waals surface area contributed by atoms with Crippen LogP contribution >= 0.6 is 0 Å². The molecule has 7 nitrogen and oxygen atoms in total. The van der Waals surface area contributed by atoms with Crippen LogP contribution in [0.1, 0.15) is 21.5 Å². The van der Waals surface area contributed by atoms with E-state index in [0.717, 1.165) is 16.8 Å². The molecule has 28 heavy (non-hydrogen) atoms. The fourth-order valence-corrected chi connectivity index (χ4v) is 2.87. The van der Waals surface area contributed by atoms with Gasteiger partial charge in [-0.25, -0.2) is 0 Å². The smallest absolute Gasteiger partial charge is 0.292 e. The Bertz CT molecular complexity index is 988. The van der Waals surface area contributed by atoms with Crippen molar-refractivity contribution in [2.45, 2.75) is 13.5 Å². The van der Waals surface area contributed by atoms with Gasteiger partial charge in [-0.05, 0) is 42.3 Å². The van der Waals surface area contributed by atoms with Gasteiger partial charge in [0.05, 0.1) is 4.92 Å². The summed E-state index contributed by atoms with van der Waals surface area (Å²) >= 11 is 0. The minimum Gasteiger partial charge on any atom is -0.375 e. The van der Waals surface area contributed by atoms with E-state index in [0.29, 0.717) is 17.8 Å². The summed E-state index contributed by atoms with van der Waals surface area (Å²) in [4.78, 5) is 28.8.